The third kappa shape index (κ3) is 3.31. The molecule has 1 rings (SSSR count). The van der Waals surface area contributed by atoms with E-state index in [0.29, 0.717) is 6.61 Å². The highest BCUT2D eigenvalue weighted by atomic mass is 32.2. The van der Waals surface area contributed by atoms with Crippen LogP contribution in [0.5, 0.6) is 0 Å². The van der Waals surface area contributed by atoms with Crippen molar-refractivity contribution in [2.24, 2.45) is 5.84 Å². The molecule has 0 radical (unpaired) electrons. The molecule has 0 aliphatic carbocycles. The third-order valence-corrected chi connectivity index (χ3v) is 3.33. The molecular weight excluding hydrogens is 281 g/mol. The van der Waals surface area contributed by atoms with Gasteiger partial charge in [-0.15, -0.1) is 0 Å². The number of alkyl halides is 3. The zero-order chi connectivity index (χ0) is 14.1. The Morgan fingerprint density at radius 3 is 2.50 bits per heavy atom. The van der Waals surface area contributed by atoms with Crippen molar-refractivity contribution < 1.29 is 35.9 Å². The lowest BCUT2D eigenvalue weighted by molar-refractivity contribution is -0.139. The summed E-state index contributed by atoms with van der Waals surface area (Å²) in [6, 6.07) is 0. The molecule has 106 valence electrons. The number of sulfonamides is 1. The van der Waals surface area contributed by atoms with Crippen molar-refractivity contribution in [3.63, 3.8) is 0 Å². The molecule has 18 heavy (non-hydrogen) atoms. The maximum atomic E-state index is 12.1. The van der Waals surface area contributed by atoms with Crippen molar-refractivity contribution in [3.05, 3.63) is 0 Å². The number of hydrogen-bond acceptors (Lipinski definition) is 6. The number of amides is 1. The number of rotatable bonds is 5. The van der Waals surface area contributed by atoms with E-state index in [-0.39, 0.29) is 12.7 Å². The van der Waals surface area contributed by atoms with Gasteiger partial charge in [0.25, 0.3) is 5.91 Å². The third-order valence-electron chi connectivity index (χ3n) is 2.05. The number of carbonyl (C=O) groups excluding carboxylic acids is 1. The van der Waals surface area contributed by atoms with E-state index in [1.165, 1.54) is 0 Å². The predicted octanol–water partition coefficient (Wildman–Crippen LogP) is -0.658. The van der Waals surface area contributed by atoms with E-state index in [1.54, 1.807) is 0 Å². The zero-order valence-electron chi connectivity index (χ0n) is 9.18. The van der Waals surface area contributed by atoms with E-state index < -0.39 is 32.0 Å². The van der Waals surface area contributed by atoms with Crippen molar-refractivity contribution in [2.75, 3.05) is 13.2 Å². The minimum absolute atomic E-state index is 0.0210. The summed E-state index contributed by atoms with van der Waals surface area (Å²) in [6.07, 6.45) is -1.64. The fourth-order valence-corrected chi connectivity index (χ4v) is 1.50. The minimum Gasteiger partial charge on any atom is -0.371 e. The van der Waals surface area contributed by atoms with Gasteiger partial charge in [0.2, 0.25) is 0 Å². The van der Waals surface area contributed by atoms with Crippen molar-refractivity contribution in [1.29, 1.82) is 0 Å². The lowest BCUT2D eigenvalue weighted by Gasteiger charge is -2.21. The lowest BCUT2D eigenvalue weighted by atomic mass is 10.4. The van der Waals surface area contributed by atoms with E-state index in [1.807, 2.05) is 0 Å². The van der Waals surface area contributed by atoms with Gasteiger partial charge in [0.05, 0.1) is 13.2 Å². The molecule has 7 nitrogen and oxygen atoms in total. The van der Waals surface area contributed by atoms with Crippen molar-refractivity contribution in [3.8, 4) is 0 Å². The van der Waals surface area contributed by atoms with Crippen LogP contribution in [0.1, 0.15) is 6.92 Å². The zero-order valence-corrected chi connectivity index (χ0v) is 9.99. The van der Waals surface area contributed by atoms with Crippen LogP contribution in [0.3, 0.4) is 0 Å². The number of nitrogens with zero attached hydrogens (tertiary/aromatic N) is 1. The maximum absolute atomic E-state index is 12.1. The van der Waals surface area contributed by atoms with Gasteiger partial charge in [0.15, 0.2) is 0 Å². The van der Waals surface area contributed by atoms with Gasteiger partial charge in [-0.05, 0) is 6.92 Å². The number of hydrogen-bond donors (Lipinski definition) is 1. The van der Waals surface area contributed by atoms with Gasteiger partial charge in [-0.1, -0.05) is 0 Å². The van der Waals surface area contributed by atoms with Gasteiger partial charge >= 0.3 is 15.5 Å². The largest absolute Gasteiger partial charge is 0.518 e. The summed E-state index contributed by atoms with van der Waals surface area (Å²) in [5.41, 5.74) is -5.64. The molecule has 0 saturated carbocycles. The molecule has 2 atom stereocenters. The molecular formula is C7H11F3N2O5S. The summed E-state index contributed by atoms with van der Waals surface area (Å²) in [4.78, 5) is 11.3. The summed E-state index contributed by atoms with van der Waals surface area (Å²) in [6.45, 7) is 1.50. The molecule has 0 aromatic heterocycles. The second-order valence-corrected chi connectivity index (χ2v) is 5.32. The molecule has 1 amide bonds. The highest BCUT2D eigenvalue weighted by molar-refractivity contribution is 7.90. The second kappa shape index (κ2) is 4.99. The summed E-state index contributed by atoms with van der Waals surface area (Å²) in [5.74, 6) is 3.16. The highest BCUT2D eigenvalue weighted by Gasteiger charge is 2.51. The Balaban J connectivity index is 2.64. The Morgan fingerprint density at radius 2 is 2.11 bits per heavy atom. The van der Waals surface area contributed by atoms with Gasteiger partial charge in [-0.25, -0.2) is 5.84 Å². The van der Waals surface area contributed by atoms with Crippen LogP contribution in [-0.4, -0.2) is 49.7 Å². The fourth-order valence-electron chi connectivity index (χ4n) is 0.896. The molecule has 1 saturated heterocycles. The predicted molar refractivity (Wildman–Crippen MR) is 51.2 cm³/mol. The molecule has 2 unspecified atom stereocenters. The van der Waals surface area contributed by atoms with Crippen molar-refractivity contribution in [2.45, 2.75) is 24.6 Å². The molecule has 1 aliphatic heterocycles. The van der Waals surface area contributed by atoms with Crippen molar-refractivity contribution in [1.82, 2.24) is 4.41 Å². The van der Waals surface area contributed by atoms with E-state index in [4.69, 9.17) is 9.47 Å². The molecule has 1 heterocycles. The standard InChI is InChI=1S/C7H11F3N2O5S/c1-4(16-2-5-3-17-5)6(13)12(11)18(14,15)7(8,9)10/h4-5H,2-3,11H2,1H3. The first-order chi connectivity index (χ1) is 8.07. The Hall–Kier alpha value is -0.910. The van der Waals surface area contributed by atoms with Crippen LogP contribution in [0, 0.1) is 0 Å². The summed E-state index contributed by atoms with van der Waals surface area (Å²) >= 11 is 0. The first kappa shape index (κ1) is 15.1. The number of nitrogens with two attached hydrogens (primary N) is 1. The molecule has 0 spiro atoms. The van der Waals surface area contributed by atoms with Crippen LogP contribution in [0.25, 0.3) is 0 Å². The van der Waals surface area contributed by atoms with Crippen LogP contribution in [-0.2, 0) is 24.3 Å². The summed E-state index contributed by atoms with van der Waals surface area (Å²) in [7, 11) is -5.89. The van der Waals surface area contributed by atoms with E-state index in [9.17, 15) is 26.4 Å². The van der Waals surface area contributed by atoms with E-state index in [0.717, 1.165) is 6.92 Å². The molecule has 11 heteroatoms. The van der Waals surface area contributed by atoms with Gasteiger partial charge in [0.1, 0.15) is 12.2 Å². The number of hydrazine groups is 1. The Morgan fingerprint density at radius 1 is 1.61 bits per heavy atom. The summed E-state index contributed by atoms with van der Waals surface area (Å²) < 4.78 is 66.7. The van der Waals surface area contributed by atoms with Crippen LogP contribution < -0.4 is 5.84 Å². The molecule has 0 aromatic rings. The first-order valence-electron chi connectivity index (χ1n) is 4.70. The molecule has 0 bridgehead atoms. The second-order valence-electron chi connectivity index (χ2n) is 3.52. The molecule has 0 aromatic carbocycles. The Bertz CT molecular complexity index is 419. The Kier molecular flexibility index (Phi) is 4.20. The lowest BCUT2D eigenvalue weighted by Crippen LogP contribution is -2.52. The van der Waals surface area contributed by atoms with E-state index >= 15 is 0 Å². The normalized spacial score (nSPS) is 21.5. The number of epoxide rings is 1. The fraction of sp³-hybridized carbons (Fsp3) is 0.857. The average molecular weight is 292 g/mol. The average Bonchev–Trinajstić information content (AvgIpc) is 3.05. The quantitative estimate of drug-likeness (QED) is 0.312. The number of ether oxygens (including phenoxy) is 2. The van der Waals surface area contributed by atoms with Crippen LogP contribution >= 0.6 is 0 Å². The van der Waals surface area contributed by atoms with Gasteiger partial charge in [0, 0.05) is 0 Å². The van der Waals surface area contributed by atoms with Gasteiger partial charge in [-0.2, -0.15) is 26.0 Å². The highest BCUT2D eigenvalue weighted by Crippen LogP contribution is 2.25. The maximum Gasteiger partial charge on any atom is 0.518 e. The molecule has 1 fully saturated rings. The SMILES string of the molecule is CC(OCC1CO1)C(=O)N(N)S(=O)(=O)C(F)(F)F. The number of halogens is 3. The van der Waals surface area contributed by atoms with Crippen LogP contribution in [0.4, 0.5) is 13.2 Å². The summed E-state index contributed by atoms with van der Waals surface area (Å²) in [5, 5.41) is 0. The van der Waals surface area contributed by atoms with Crippen molar-refractivity contribution >= 4 is 15.9 Å². The van der Waals surface area contributed by atoms with Gasteiger partial charge in [-0.3, -0.25) is 4.79 Å². The smallest absolute Gasteiger partial charge is 0.371 e. The minimum atomic E-state index is -5.89. The van der Waals surface area contributed by atoms with Crippen LogP contribution in [0.2, 0.25) is 0 Å². The molecule has 2 N–H and O–H groups in total. The topological polar surface area (TPSA) is 102 Å². The monoisotopic (exact) mass is 292 g/mol. The first-order valence-corrected chi connectivity index (χ1v) is 6.14. The van der Waals surface area contributed by atoms with Crippen LogP contribution in [0.15, 0.2) is 0 Å². The molecule has 1 aliphatic rings. The van der Waals surface area contributed by atoms with E-state index in [2.05, 4.69) is 5.84 Å². The number of carbonyl (C=O) groups is 1. The van der Waals surface area contributed by atoms with Gasteiger partial charge < -0.3 is 9.47 Å². The Labute approximate surface area is 101 Å².